The average molecular weight is 263 g/mol. The number of hydrogen-bond donors (Lipinski definition) is 2. The number of amides is 1. The standard InChI is InChI=1S/C11H17N7O/c1-4-11(5-2,10-14-16-17-15-10)13-9(19)8-6-7-12-18(8)3/h6-7H,4-5H2,1-3H3,(H,13,19)(H,14,15,16,17). The van der Waals surface area contributed by atoms with Gasteiger partial charge in [0.15, 0.2) is 5.82 Å². The fourth-order valence-electron chi connectivity index (χ4n) is 2.04. The Morgan fingerprint density at radius 1 is 1.47 bits per heavy atom. The van der Waals surface area contributed by atoms with Gasteiger partial charge in [0.05, 0.1) is 0 Å². The van der Waals surface area contributed by atoms with Crippen molar-refractivity contribution in [1.82, 2.24) is 35.7 Å². The van der Waals surface area contributed by atoms with E-state index in [2.05, 4.69) is 31.0 Å². The molecule has 0 spiro atoms. The van der Waals surface area contributed by atoms with Crippen LogP contribution in [0.25, 0.3) is 0 Å². The van der Waals surface area contributed by atoms with Crippen LogP contribution in [0.5, 0.6) is 0 Å². The second-order valence-corrected chi connectivity index (χ2v) is 4.32. The van der Waals surface area contributed by atoms with Crippen LogP contribution in [0.3, 0.4) is 0 Å². The van der Waals surface area contributed by atoms with E-state index in [0.29, 0.717) is 24.4 Å². The predicted octanol–water partition coefficient (Wildman–Crippen LogP) is 0.378. The van der Waals surface area contributed by atoms with E-state index in [9.17, 15) is 4.79 Å². The number of aryl methyl sites for hydroxylation is 1. The van der Waals surface area contributed by atoms with Crippen LogP contribution < -0.4 is 5.32 Å². The molecule has 19 heavy (non-hydrogen) atoms. The normalized spacial score (nSPS) is 11.5. The summed E-state index contributed by atoms with van der Waals surface area (Å²) in [6.07, 6.45) is 2.93. The number of aromatic nitrogens is 6. The molecule has 8 heteroatoms. The monoisotopic (exact) mass is 263 g/mol. The molecule has 2 heterocycles. The minimum atomic E-state index is -0.617. The van der Waals surface area contributed by atoms with Gasteiger partial charge in [-0.25, -0.2) is 0 Å². The molecule has 2 aromatic heterocycles. The Morgan fingerprint density at radius 3 is 2.68 bits per heavy atom. The fraction of sp³-hybridized carbons (Fsp3) is 0.545. The van der Waals surface area contributed by atoms with Crippen LogP contribution >= 0.6 is 0 Å². The van der Waals surface area contributed by atoms with Gasteiger partial charge in [-0.3, -0.25) is 9.48 Å². The third kappa shape index (κ3) is 2.33. The van der Waals surface area contributed by atoms with E-state index in [4.69, 9.17) is 0 Å². The predicted molar refractivity (Wildman–Crippen MR) is 67.1 cm³/mol. The van der Waals surface area contributed by atoms with E-state index in [0.717, 1.165) is 0 Å². The summed E-state index contributed by atoms with van der Waals surface area (Å²) >= 11 is 0. The zero-order valence-electron chi connectivity index (χ0n) is 11.2. The van der Waals surface area contributed by atoms with Gasteiger partial charge in [-0.2, -0.15) is 10.3 Å². The molecule has 0 unspecified atom stereocenters. The van der Waals surface area contributed by atoms with Crippen molar-refractivity contribution in [2.75, 3.05) is 0 Å². The highest BCUT2D eigenvalue weighted by Crippen LogP contribution is 2.25. The van der Waals surface area contributed by atoms with E-state index in [1.54, 1.807) is 19.3 Å². The molecule has 0 fully saturated rings. The molecule has 102 valence electrons. The van der Waals surface area contributed by atoms with Crippen LogP contribution in [-0.4, -0.2) is 36.3 Å². The van der Waals surface area contributed by atoms with Crippen molar-refractivity contribution in [3.63, 3.8) is 0 Å². The molecular formula is C11H17N7O. The lowest BCUT2D eigenvalue weighted by atomic mass is 9.91. The number of H-pyrrole nitrogens is 1. The number of tetrazole rings is 1. The Bertz CT molecular complexity index is 541. The van der Waals surface area contributed by atoms with E-state index in [-0.39, 0.29) is 5.91 Å². The van der Waals surface area contributed by atoms with Gasteiger partial charge in [0, 0.05) is 13.2 Å². The summed E-state index contributed by atoms with van der Waals surface area (Å²) < 4.78 is 1.53. The van der Waals surface area contributed by atoms with Gasteiger partial charge in [0.2, 0.25) is 0 Å². The topological polar surface area (TPSA) is 101 Å². The van der Waals surface area contributed by atoms with Crippen molar-refractivity contribution in [3.8, 4) is 0 Å². The van der Waals surface area contributed by atoms with Crippen molar-refractivity contribution in [1.29, 1.82) is 0 Å². The maximum Gasteiger partial charge on any atom is 0.270 e. The highest BCUT2D eigenvalue weighted by Gasteiger charge is 2.35. The van der Waals surface area contributed by atoms with Gasteiger partial charge in [-0.1, -0.05) is 19.1 Å². The van der Waals surface area contributed by atoms with Crippen molar-refractivity contribution < 1.29 is 4.79 Å². The largest absolute Gasteiger partial charge is 0.338 e. The number of nitrogens with zero attached hydrogens (tertiary/aromatic N) is 5. The van der Waals surface area contributed by atoms with Gasteiger partial charge in [0.1, 0.15) is 11.2 Å². The number of aromatic amines is 1. The highest BCUT2D eigenvalue weighted by molar-refractivity contribution is 5.93. The number of hydrogen-bond acceptors (Lipinski definition) is 5. The molecule has 0 bridgehead atoms. The molecule has 2 N–H and O–H groups in total. The summed E-state index contributed by atoms with van der Waals surface area (Å²) in [5, 5.41) is 21.0. The third-order valence-electron chi connectivity index (χ3n) is 3.39. The van der Waals surface area contributed by atoms with E-state index in [1.807, 2.05) is 13.8 Å². The van der Waals surface area contributed by atoms with Crippen LogP contribution in [0.4, 0.5) is 0 Å². The van der Waals surface area contributed by atoms with Crippen molar-refractivity contribution in [2.45, 2.75) is 32.2 Å². The number of nitrogens with one attached hydrogen (secondary N) is 2. The van der Waals surface area contributed by atoms with Crippen LogP contribution in [0.2, 0.25) is 0 Å². The van der Waals surface area contributed by atoms with Crippen LogP contribution in [0, 0.1) is 0 Å². The Labute approximate surface area is 110 Å². The minimum Gasteiger partial charge on any atom is -0.338 e. The lowest BCUT2D eigenvalue weighted by Gasteiger charge is -2.29. The first kappa shape index (κ1) is 13.2. The Kier molecular flexibility index (Phi) is 3.59. The second kappa shape index (κ2) is 5.17. The van der Waals surface area contributed by atoms with Crippen molar-refractivity contribution >= 4 is 5.91 Å². The lowest BCUT2D eigenvalue weighted by Crippen LogP contribution is -2.46. The van der Waals surface area contributed by atoms with E-state index in [1.165, 1.54) is 4.68 Å². The molecule has 2 rings (SSSR count). The molecule has 1 amide bonds. The molecule has 0 radical (unpaired) electrons. The van der Waals surface area contributed by atoms with Crippen molar-refractivity contribution in [2.24, 2.45) is 7.05 Å². The molecule has 0 aliphatic carbocycles. The summed E-state index contributed by atoms with van der Waals surface area (Å²) in [5.41, 5.74) is -0.122. The number of rotatable bonds is 5. The van der Waals surface area contributed by atoms with Gasteiger partial charge in [-0.15, -0.1) is 10.2 Å². The SMILES string of the molecule is CCC(CC)(NC(=O)c1ccnn1C)c1nn[nH]n1. The molecule has 0 aromatic carbocycles. The third-order valence-corrected chi connectivity index (χ3v) is 3.39. The first-order chi connectivity index (χ1) is 9.13. The molecule has 0 saturated heterocycles. The number of carbonyl (C=O) groups excluding carboxylic acids is 1. The molecule has 8 nitrogen and oxygen atoms in total. The fourth-order valence-corrected chi connectivity index (χ4v) is 2.04. The van der Waals surface area contributed by atoms with Gasteiger partial charge in [0.25, 0.3) is 5.91 Å². The highest BCUT2D eigenvalue weighted by atomic mass is 16.2. The van der Waals surface area contributed by atoms with Crippen molar-refractivity contribution in [3.05, 3.63) is 23.8 Å². The van der Waals surface area contributed by atoms with Gasteiger partial charge in [-0.05, 0) is 18.9 Å². The first-order valence-corrected chi connectivity index (χ1v) is 6.17. The second-order valence-electron chi connectivity index (χ2n) is 4.32. The first-order valence-electron chi connectivity index (χ1n) is 6.17. The van der Waals surface area contributed by atoms with Crippen LogP contribution in [0.15, 0.2) is 12.3 Å². The zero-order chi connectivity index (χ0) is 13.9. The minimum absolute atomic E-state index is 0.200. The zero-order valence-corrected chi connectivity index (χ0v) is 11.2. The maximum atomic E-state index is 12.3. The summed E-state index contributed by atoms with van der Waals surface area (Å²) in [6, 6.07) is 1.67. The molecule has 0 saturated carbocycles. The Morgan fingerprint density at radius 2 is 2.21 bits per heavy atom. The van der Waals surface area contributed by atoms with E-state index >= 15 is 0 Å². The summed E-state index contributed by atoms with van der Waals surface area (Å²) in [4.78, 5) is 12.3. The average Bonchev–Trinajstić information content (AvgIpc) is 3.07. The molecule has 2 aromatic rings. The molecule has 0 atom stereocenters. The van der Waals surface area contributed by atoms with Crippen LogP contribution in [-0.2, 0) is 12.6 Å². The van der Waals surface area contributed by atoms with Crippen LogP contribution in [0.1, 0.15) is 43.0 Å². The van der Waals surface area contributed by atoms with Gasteiger partial charge < -0.3 is 5.32 Å². The summed E-state index contributed by atoms with van der Waals surface area (Å²) in [6.45, 7) is 3.95. The Balaban J connectivity index is 2.27. The lowest BCUT2D eigenvalue weighted by molar-refractivity contribution is 0.0874. The summed E-state index contributed by atoms with van der Waals surface area (Å²) in [7, 11) is 1.73. The van der Waals surface area contributed by atoms with E-state index < -0.39 is 5.54 Å². The smallest absolute Gasteiger partial charge is 0.270 e. The molecule has 0 aliphatic rings. The maximum absolute atomic E-state index is 12.3. The molecular weight excluding hydrogens is 246 g/mol. The van der Waals surface area contributed by atoms with Gasteiger partial charge >= 0.3 is 0 Å². The Hall–Kier alpha value is -2.25. The number of carbonyl (C=O) groups is 1. The molecule has 0 aliphatic heterocycles. The summed E-state index contributed by atoms with van der Waals surface area (Å²) in [5.74, 6) is 0.293. The quantitative estimate of drug-likeness (QED) is 0.812.